The number of hydrogen-bond acceptors (Lipinski definition) is 9. The average molecular weight is 727 g/mol. The summed E-state index contributed by atoms with van der Waals surface area (Å²) in [5, 5.41) is 18.8. The molecule has 0 spiro atoms. The lowest BCUT2D eigenvalue weighted by Gasteiger charge is -2.46. The first-order valence-corrected chi connectivity index (χ1v) is 16.6. The summed E-state index contributed by atoms with van der Waals surface area (Å²) in [6, 6.07) is 2.63. The summed E-state index contributed by atoms with van der Waals surface area (Å²) in [4.78, 5) is 11.7. The first kappa shape index (κ1) is 34.4. The molecule has 3 aliphatic rings. The molecule has 2 unspecified atom stereocenters. The number of nitrogens with two attached hydrogens (primary N) is 1. The molecule has 266 valence electrons. The van der Waals surface area contributed by atoms with Crippen molar-refractivity contribution in [2.75, 3.05) is 37.4 Å². The molecule has 1 aliphatic carbocycles. The van der Waals surface area contributed by atoms with Crippen LogP contribution in [-0.4, -0.2) is 70.1 Å². The normalized spacial score (nSPS) is 25.6. The minimum absolute atomic E-state index is 0.128. The van der Waals surface area contributed by atoms with Crippen LogP contribution in [0.2, 0.25) is 0 Å². The van der Waals surface area contributed by atoms with Gasteiger partial charge in [0.2, 0.25) is 0 Å². The van der Waals surface area contributed by atoms with E-state index in [1.54, 1.807) is 13.0 Å². The van der Waals surface area contributed by atoms with Gasteiger partial charge in [0.25, 0.3) is 0 Å². The molecule has 50 heavy (non-hydrogen) atoms. The van der Waals surface area contributed by atoms with E-state index in [-0.39, 0.29) is 47.9 Å². The molecule has 2 saturated heterocycles. The number of halogens is 8. The molecule has 3 fully saturated rings. The molecular formula is C33H30F8N6O2S. The summed E-state index contributed by atoms with van der Waals surface area (Å²) < 4.78 is 126. The van der Waals surface area contributed by atoms with Crippen LogP contribution in [0.5, 0.6) is 6.01 Å². The maximum Gasteiger partial charge on any atom is 0.419 e. The zero-order chi connectivity index (χ0) is 36.1. The van der Waals surface area contributed by atoms with E-state index in [0.29, 0.717) is 30.4 Å². The number of aliphatic hydroxyl groups is 1. The van der Waals surface area contributed by atoms with Crippen LogP contribution in [0.15, 0.2) is 18.2 Å². The molecule has 4 heterocycles. The van der Waals surface area contributed by atoms with Gasteiger partial charge in [0.05, 0.1) is 38.0 Å². The van der Waals surface area contributed by atoms with Gasteiger partial charge in [-0.2, -0.15) is 41.6 Å². The molecule has 0 bridgehead atoms. The Balaban J connectivity index is 1.52. The second kappa shape index (κ2) is 11.5. The van der Waals surface area contributed by atoms with E-state index in [0.717, 1.165) is 18.6 Å². The number of nitrogen functional groups attached to an aromatic ring is 1. The quantitative estimate of drug-likeness (QED) is 0.197. The molecular weight excluding hydrogens is 696 g/mol. The van der Waals surface area contributed by atoms with Gasteiger partial charge in [-0.1, -0.05) is 6.07 Å². The molecule has 3 N–H and O–H groups in total. The van der Waals surface area contributed by atoms with Gasteiger partial charge in [-0.3, -0.25) is 4.90 Å². The Kier molecular flexibility index (Phi) is 7.92. The number of nitriles is 1. The van der Waals surface area contributed by atoms with Gasteiger partial charge in [0.1, 0.15) is 35.5 Å². The van der Waals surface area contributed by atoms with E-state index in [1.165, 1.54) is 11.9 Å². The number of fused-ring (bicyclic) bond motifs is 3. The van der Waals surface area contributed by atoms with Gasteiger partial charge in [-0.15, -0.1) is 11.3 Å². The third-order valence-electron chi connectivity index (χ3n) is 10.2. The van der Waals surface area contributed by atoms with Crippen molar-refractivity contribution in [2.24, 2.45) is 0 Å². The standard InChI is InChI=1S/C33H30F8N6O2S/c1-30(48)10-16(11-30)46(2)28-18-8-20(32(36,37)38)23(17-4-5-21(35)26-22(17)19(12-42)27(43)50-26)24(33(39,40)41)25(18)44-29(45-28)49-14-31-6-3-7-47(31)13-15(34)9-31/h4-5,8,15-16,48H,3,6-7,9-11,13-14,43H2,1-2H3. The van der Waals surface area contributed by atoms with Crippen LogP contribution >= 0.6 is 11.3 Å². The fourth-order valence-corrected chi connectivity index (χ4v) is 8.85. The van der Waals surface area contributed by atoms with Crippen molar-refractivity contribution in [3.8, 4) is 23.2 Å². The Morgan fingerprint density at radius 2 is 1.88 bits per heavy atom. The highest BCUT2D eigenvalue weighted by atomic mass is 32.1. The van der Waals surface area contributed by atoms with Crippen LogP contribution in [0.25, 0.3) is 32.1 Å². The number of rotatable bonds is 6. The van der Waals surface area contributed by atoms with Crippen LogP contribution < -0.4 is 15.4 Å². The van der Waals surface area contributed by atoms with Crippen molar-refractivity contribution in [2.45, 2.75) is 74.7 Å². The highest BCUT2D eigenvalue weighted by molar-refractivity contribution is 7.23. The van der Waals surface area contributed by atoms with E-state index in [9.17, 15) is 19.1 Å². The molecule has 8 nitrogen and oxygen atoms in total. The summed E-state index contributed by atoms with van der Waals surface area (Å²) in [5.41, 5.74) is -2.94. The minimum atomic E-state index is -5.49. The van der Waals surface area contributed by atoms with Crippen LogP contribution in [0.4, 0.5) is 45.9 Å². The Morgan fingerprint density at radius 3 is 2.52 bits per heavy atom. The highest BCUT2D eigenvalue weighted by Gasteiger charge is 2.50. The largest absolute Gasteiger partial charge is 0.461 e. The van der Waals surface area contributed by atoms with Gasteiger partial charge in [0.15, 0.2) is 0 Å². The van der Waals surface area contributed by atoms with Crippen LogP contribution in [0, 0.1) is 17.1 Å². The fraction of sp³-hybridized carbons (Fsp3) is 0.485. The molecule has 2 aromatic carbocycles. The molecule has 2 aromatic heterocycles. The maximum absolute atomic E-state index is 15.4. The number of nitrogens with zero attached hydrogens (tertiary/aromatic N) is 5. The van der Waals surface area contributed by atoms with Gasteiger partial charge >= 0.3 is 18.4 Å². The van der Waals surface area contributed by atoms with Crippen molar-refractivity contribution in [1.29, 1.82) is 5.26 Å². The van der Waals surface area contributed by atoms with Gasteiger partial charge in [-0.25, -0.2) is 8.78 Å². The van der Waals surface area contributed by atoms with Gasteiger partial charge in [0, 0.05) is 42.4 Å². The molecule has 4 aromatic rings. The molecule has 2 atom stereocenters. The van der Waals surface area contributed by atoms with E-state index < -0.39 is 91.6 Å². The minimum Gasteiger partial charge on any atom is -0.461 e. The third-order valence-corrected chi connectivity index (χ3v) is 11.2. The van der Waals surface area contributed by atoms with Gasteiger partial charge < -0.3 is 20.5 Å². The van der Waals surface area contributed by atoms with E-state index in [1.807, 2.05) is 4.90 Å². The SMILES string of the molecule is CN(c1nc(OCC23CCCN2CC(F)C3)nc2c(C(F)(F)F)c(-c3ccc(F)c4sc(N)c(C#N)c34)c(C(F)(F)F)cc12)C1CC(C)(O)C1. The first-order valence-electron chi connectivity index (χ1n) is 15.7. The van der Waals surface area contributed by atoms with E-state index >= 15 is 26.3 Å². The summed E-state index contributed by atoms with van der Waals surface area (Å²) >= 11 is 0.530. The number of thiophene rings is 1. The fourth-order valence-electron chi connectivity index (χ4n) is 7.90. The smallest absolute Gasteiger partial charge is 0.419 e. The Labute approximate surface area is 284 Å². The number of anilines is 2. The summed E-state index contributed by atoms with van der Waals surface area (Å²) in [6.45, 7) is 2.16. The van der Waals surface area contributed by atoms with Crippen LogP contribution in [0.1, 0.15) is 55.7 Å². The molecule has 7 rings (SSSR count). The van der Waals surface area contributed by atoms with Crippen molar-refractivity contribution in [3.63, 3.8) is 0 Å². The number of aromatic nitrogens is 2. The zero-order valence-corrected chi connectivity index (χ0v) is 27.5. The van der Waals surface area contributed by atoms with E-state index in [4.69, 9.17) is 10.5 Å². The van der Waals surface area contributed by atoms with Crippen molar-refractivity contribution >= 4 is 43.1 Å². The molecule has 2 aliphatic heterocycles. The van der Waals surface area contributed by atoms with Gasteiger partial charge in [-0.05, 0) is 56.8 Å². The lowest BCUT2D eigenvalue weighted by molar-refractivity contribution is -0.141. The monoisotopic (exact) mass is 726 g/mol. The second-order valence-corrected chi connectivity index (χ2v) is 14.7. The number of ether oxygens (including phenoxy) is 1. The average Bonchev–Trinajstić information content (AvgIpc) is 3.65. The maximum atomic E-state index is 15.4. The Morgan fingerprint density at radius 1 is 1.16 bits per heavy atom. The summed E-state index contributed by atoms with van der Waals surface area (Å²) in [7, 11) is 1.44. The van der Waals surface area contributed by atoms with Crippen molar-refractivity contribution in [3.05, 3.63) is 40.7 Å². The first-order chi connectivity index (χ1) is 23.3. The Bertz CT molecular complexity index is 2070. The second-order valence-electron chi connectivity index (χ2n) is 13.7. The zero-order valence-electron chi connectivity index (χ0n) is 26.6. The number of alkyl halides is 7. The van der Waals surface area contributed by atoms with Crippen molar-refractivity contribution < 1.29 is 45.0 Å². The Hall–Kier alpha value is -4.01. The molecule has 1 saturated carbocycles. The van der Waals surface area contributed by atoms with E-state index in [2.05, 4.69) is 9.97 Å². The number of benzene rings is 2. The van der Waals surface area contributed by atoms with Crippen LogP contribution in [-0.2, 0) is 12.4 Å². The molecule has 17 heteroatoms. The molecule has 0 amide bonds. The lowest BCUT2D eigenvalue weighted by atomic mass is 9.76. The van der Waals surface area contributed by atoms with Crippen molar-refractivity contribution in [1.82, 2.24) is 14.9 Å². The highest BCUT2D eigenvalue weighted by Crippen LogP contribution is 2.53. The molecule has 0 radical (unpaired) electrons. The number of hydrogen-bond donors (Lipinski definition) is 2. The third kappa shape index (κ3) is 5.55. The summed E-state index contributed by atoms with van der Waals surface area (Å²) in [6.07, 6.45) is -10.3. The van der Waals surface area contributed by atoms with Crippen LogP contribution in [0.3, 0.4) is 0 Å². The predicted octanol–water partition coefficient (Wildman–Crippen LogP) is 7.45. The topological polar surface area (TPSA) is 112 Å². The predicted molar refractivity (Wildman–Crippen MR) is 170 cm³/mol. The lowest BCUT2D eigenvalue weighted by Crippen LogP contribution is -2.52. The summed E-state index contributed by atoms with van der Waals surface area (Å²) in [5.74, 6) is -1.28.